The standard InChI is InChI=1S/C21H29N6O5P.C19H30N5O10P.C9H14N5O4P.C3H4O2.CO2.CH4/c1-14(2)31-21(28)16(4)26-33(29,32-17-8-6-5-7-9-17)13-30-15(3)10-27-12-25-18-19(22)23-11-24-20(18)27;1-12(2)33-18(25)28-9-31-35(27,32-10-29-19(26)34-13(3)4)11-30-14(5)6-24-8-23-15-16(20)21-7-22-17(15)24;1-6(18-5-19(15,16)17)2-14-4-13-7-8(10)11-3-12-9(7)14;1-2-3(4)5;2-1-3;/h5-9,11-12,14-16H,10,13H2,1-4H3,(H,26,29)(H2,22,23,24);7-8,12-14H,6,9-11H2,1-5H3,(H2,20,21,22);3-4,6H,2,5H2,1H3,(H2,10,11,12)(H2,15,16,17);2H,1H2,(H,4,5);;1H4/t15-,16+,33+;14-;6-;;;/m111.../s1. The van der Waals surface area contributed by atoms with Gasteiger partial charge in [-0.1, -0.05) is 32.2 Å². The summed E-state index contributed by atoms with van der Waals surface area (Å²) in [6.45, 7) is 19.2. The van der Waals surface area contributed by atoms with Crippen LogP contribution in [0.15, 0.2) is 81.0 Å². The Hall–Kier alpha value is -8.96. The summed E-state index contributed by atoms with van der Waals surface area (Å²) in [7, 11) is -11.9. The van der Waals surface area contributed by atoms with Crippen molar-refractivity contribution in [2.24, 2.45) is 0 Å². The number of nitrogen functional groups attached to an aromatic ring is 3. The van der Waals surface area contributed by atoms with Gasteiger partial charge in [-0.3, -0.25) is 27.5 Å². The Bertz CT molecular complexity index is 3720. The fourth-order valence-electron chi connectivity index (χ4n) is 7.05. The summed E-state index contributed by atoms with van der Waals surface area (Å²) in [4.78, 5) is 115. The van der Waals surface area contributed by atoms with Gasteiger partial charge >= 0.3 is 53.1 Å². The largest absolute Gasteiger partial charge is 0.510 e. The molecule has 0 saturated carbocycles. The molecular weight excluding hydrogens is 1330 g/mol. The summed E-state index contributed by atoms with van der Waals surface area (Å²) < 4.78 is 99.4. The van der Waals surface area contributed by atoms with Gasteiger partial charge in [-0.15, -0.1) is 0 Å². The van der Waals surface area contributed by atoms with Gasteiger partial charge in [-0.05, 0) is 81.4 Å². The second-order valence-electron chi connectivity index (χ2n) is 20.2. The summed E-state index contributed by atoms with van der Waals surface area (Å²) in [6, 6.07) is 7.83. The average molecular weight is 1420 g/mol. The third kappa shape index (κ3) is 30.6. The van der Waals surface area contributed by atoms with Gasteiger partial charge in [-0.2, -0.15) is 9.59 Å². The lowest BCUT2D eigenvalue weighted by Crippen LogP contribution is -2.37. The molecule has 0 saturated heterocycles. The van der Waals surface area contributed by atoms with Crippen LogP contribution >= 0.6 is 22.7 Å². The zero-order valence-electron chi connectivity index (χ0n) is 53.3. The monoisotopic (exact) mass is 1410 g/mol. The topological polar surface area (TPSA) is 537 Å². The van der Waals surface area contributed by atoms with Crippen LogP contribution in [0.1, 0.15) is 76.7 Å². The molecule has 0 bridgehead atoms. The first-order chi connectivity index (χ1) is 44.7. The number of benzene rings is 1. The molecule has 0 aliphatic rings. The molecule has 39 nitrogen and oxygen atoms in total. The molecule has 0 amide bonds. The lowest BCUT2D eigenvalue weighted by molar-refractivity contribution is -0.191. The minimum atomic E-state index is -4.16. The predicted octanol–water partition coefficient (Wildman–Crippen LogP) is 6.27. The molecule has 6 heterocycles. The van der Waals surface area contributed by atoms with Crippen molar-refractivity contribution in [1.29, 1.82) is 0 Å². The van der Waals surface area contributed by atoms with Crippen molar-refractivity contribution in [3.8, 4) is 5.75 Å². The number of carbonyl (C=O) groups is 4. The molecule has 0 spiro atoms. The van der Waals surface area contributed by atoms with Gasteiger partial charge in [0.2, 0.25) is 13.6 Å². The number of esters is 1. The Morgan fingerprint density at radius 2 is 0.938 bits per heavy atom. The molecule has 0 aliphatic carbocycles. The minimum Gasteiger partial charge on any atom is -0.478 e. The van der Waals surface area contributed by atoms with E-state index in [9.17, 15) is 32.9 Å². The predicted molar refractivity (Wildman–Crippen MR) is 340 cm³/mol. The number of rotatable bonds is 30. The molecule has 7 aromatic rings. The van der Waals surface area contributed by atoms with Gasteiger partial charge in [0.05, 0.1) is 75.2 Å². The molecule has 0 aliphatic heterocycles. The first-order valence-corrected chi connectivity index (χ1v) is 33.4. The van der Waals surface area contributed by atoms with Crippen molar-refractivity contribution < 1.29 is 109 Å². The van der Waals surface area contributed by atoms with E-state index >= 15 is 0 Å². The fraction of sp³-hybridized carbons (Fsp3) is 0.481. The first kappa shape index (κ1) is 83.1. The summed E-state index contributed by atoms with van der Waals surface area (Å²) in [5.41, 5.74) is 20.3. The maximum atomic E-state index is 13.6. The Morgan fingerprint density at radius 3 is 1.28 bits per heavy atom. The molecule has 6 aromatic heterocycles. The van der Waals surface area contributed by atoms with Crippen LogP contribution in [0.5, 0.6) is 5.75 Å². The maximum absolute atomic E-state index is 13.6. The highest BCUT2D eigenvalue weighted by molar-refractivity contribution is 7.57. The number of fused-ring (bicyclic) bond motifs is 3. The summed E-state index contributed by atoms with van der Waals surface area (Å²) >= 11 is 0. The normalized spacial score (nSPS) is 13.0. The number of ether oxygens (including phenoxy) is 8. The van der Waals surface area contributed by atoms with Gasteiger partial charge in [0.15, 0.2) is 34.4 Å². The van der Waals surface area contributed by atoms with E-state index < -0.39 is 104 Å². The highest BCUT2D eigenvalue weighted by Gasteiger charge is 2.33. The molecule has 42 heteroatoms. The molecule has 0 radical (unpaired) electrons. The molecule has 5 atom stereocenters. The van der Waals surface area contributed by atoms with Crippen molar-refractivity contribution in [3.63, 3.8) is 0 Å². The van der Waals surface area contributed by atoms with Crippen LogP contribution in [0.4, 0.5) is 27.0 Å². The Kier molecular flexibility index (Phi) is 35.6. The van der Waals surface area contributed by atoms with Gasteiger partial charge in [0, 0.05) is 6.08 Å². The lowest BCUT2D eigenvalue weighted by atomic mass is 10.3. The molecule has 7 rings (SSSR count). The van der Waals surface area contributed by atoms with E-state index in [0.29, 0.717) is 58.1 Å². The number of para-hydroxylation sites is 1. The lowest BCUT2D eigenvalue weighted by Gasteiger charge is -2.25. The van der Waals surface area contributed by atoms with E-state index in [1.54, 1.807) is 107 Å². The minimum absolute atomic E-state index is 0. The summed E-state index contributed by atoms with van der Waals surface area (Å²) in [5, 5.41) is 10.4. The van der Waals surface area contributed by atoms with Crippen molar-refractivity contribution in [2.45, 2.75) is 139 Å². The number of hydrogen-bond acceptors (Lipinski definition) is 32. The van der Waals surface area contributed by atoms with Crippen molar-refractivity contribution >= 4 is 104 Å². The van der Waals surface area contributed by atoms with Gasteiger partial charge < -0.3 is 88.2 Å². The SMILES string of the molecule is C.C=CC(=O)O.CC(C)OC(=O)OCOP(=O)(CO[C@H](C)Cn1cnc2c(N)ncnc21)OCOC(=O)OC(C)C.CC(C)OC(=O)[C@H](C)N[P@](=O)(CO[C@H](C)Cn1cnc2c(N)ncnc21)Oc1ccccc1.C[C@H](Cn1cnc2c(N)ncnc21)OCP(=O)(O)O.O=C=O. The van der Waals surface area contributed by atoms with E-state index in [4.69, 9.17) is 93.1 Å². The van der Waals surface area contributed by atoms with Gasteiger partial charge in [0.25, 0.3) is 0 Å². The third-order valence-electron chi connectivity index (χ3n) is 11.0. The third-order valence-corrected chi connectivity index (χ3v) is 14.7. The zero-order chi connectivity index (χ0) is 71.1. The number of hydrogen-bond donors (Lipinski definition) is 7. The van der Waals surface area contributed by atoms with Crippen LogP contribution in [0.2, 0.25) is 0 Å². The van der Waals surface area contributed by atoms with Crippen LogP contribution in [0.3, 0.4) is 0 Å². The smallest absolute Gasteiger partial charge is 0.478 e. The van der Waals surface area contributed by atoms with Crippen LogP contribution < -0.4 is 26.8 Å². The fourth-order valence-corrected chi connectivity index (χ4v) is 10.4. The molecule has 530 valence electrons. The van der Waals surface area contributed by atoms with Crippen LogP contribution in [-0.4, -0.2) is 179 Å². The molecule has 1 aromatic carbocycles. The second kappa shape index (κ2) is 41.1. The quantitative estimate of drug-likeness (QED) is 0.00857. The number of aromatic nitrogens is 12. The highest BCUT2D eigenvalue weighted by Crippen LogP contribution is 2.48. The van der Waals surface area contributed by atoms with Crippen LogP contribution in [0.25, 0.3) is 33.5 Å². The Balaban J connectivity index is 0.000000476. The average Bonchev–Trinajstić information content (AvgIpc) is 1.77. The van der Waals surface area contributed by atoms with E-state index in [2.05, 4.69) is 56.5 Å². The number of nitrogens with one attached hydrogen (secondary N) is 1. The number of nitrogens with zero attached hydrogens (tertiary/aromatic N) is 12. The van der Waals surface area contributed by atoms with Crippen molar-refractivity contribution in [2.75, 3.05) is 49.8 Å². The molecule has 0 fully saturated rings. The van der Waals surface area contributed by atoms with Crippen LogP contribution in [0, 0.1) is 0 Å². The molecular formula is C54H81N16O23P3. The van der Waals surface area contributed by atoms with Crippen LogP contribution in [-0.2, 0) is 99.4 Å². The second-order valence-corrected chi connectivity index (χ2v) is 25.9. The molecule has 0 unspecified atom stereocenters. The number of carboxylic acid groups (broad SMARTS) is 1. The molecule has 96 heavy (non-hydrogen) atoms. The number of aliphatic carboxylic acids is 1. The van der Waals surface area contributed by atoms with Crippen molar-refractivity contribution in [3.05, 3.63) is 81.0 Å². The number of carboxylic acids is 1. The van der Waals surface area contributed by atoms with Gasteiger partial charge in [0.1, 0.15) is 66.4 Å². The van der Waals surface area contributed by atoms with E-state index in [0.717, 1.165) is 6.08 Å². The maximum Gasteiger partial charge on any atom is 0.510 e. The van der Waals surface area contributed by atoms with E-state index in [1.807, 2.05) is 13.0 Å². The van der Waals surface area contributed by atoms with E-state index in [1.165, 1.54) is 31.6 Å². The van der Waals surface area contributed by atoms with E-state index in [-0.39, 0.29) is 50.3 Å². The Morgan fingerprint density at radius 1 is 0.583 bits per heavy atom. The number of imidazole rings is 3. The first-order valence-electron chi connectivity index (χ1n) is 28.1. The van der Waals surface area contributed by atoms with Crippen molar-refractivity contribution in [1.82, 2.24) is 63.6 Å². The number of carbonyl (C=O) groups excluding carboxylic acids is 5. The molecule has 10 N–H and O–H groups in total. The summed E-state index contributed by atoms with van der Waals surface area (Å²) in [5.74, 6) is -0.309. The number of nitrogens with two attached hydrogens (primary N) is 3. The Labute approximate surface area is 550 Å². The summed E-state index contributed by atoms with van der Waals surface area (Å²) in [6.07, 6.45) is 3.81. The zero-order valence-corrected chi connectivity index (χ0v) is 56.0. The van der Waals surface area contributed by atoms with Gasteiger partial charge in [-0.25, -0.2) is 64.3 Å². The number of anilines is 3. The highest BCUT2D eigenvalue weighted by atomic mass is 31.2.